The molecule has 1 aliphatic heterocycles. The minimum Gasteiger partial charge on any atom is -0.378 e. The van der Waals surface area contributed by atoms with Crippen LogP contribution in [-0.2, 0) is 5.54 Å². The fraction of sp³-hybridized carbons (Fsp3) is 0.520. The molecule has 1 amide bonds. The third-order valence-corrected chi connectivity index (χ3v) is 7.14. The number of carbonyl (C=O) groups excluding carboxylic acids is 1. The lowest BCUT2D eigenvalue weighted by Gasteiger charge is -2.33. The molecule has 0 spiro atoms. The molecule has 37 heavy (non-hydrogen) atoms. The van der Waals surface area contributed by atoms with Gasteiger partial charge in [0.05, 0.1) is 28.9 Å². The quantitative estimate of drug-likeness (QED) is 0.489. The van der Waals surface area contributed by atoms with Crippen molar-refractivity contribution in [2.24, 2.45) is 0 Å². The first-order chi connectivity index (χ1) is 17.4. The normalized spacial score (nSPS) is 22.2. The van der Waals surface area contributed by atoms with Gasteiger partial charge in [-0.15, -0.1) is 0 Å². The summed E-state index contributed by atoms with van der Waals surface area (Å²) in [5, 5.41) is 5.38. The van der Waals surface area contributed by atoms with Crippen molar-refractivity contribution < 1.29 is 31.1 Å². The molecule has 2 heterocycles. The highest BCUT2D eigenvalue weighted by molar-refractivity contribution is 5.99. The Labute approximate surface area is 209 Å². The SMILES string of the molecule is C[C@@H](NC(=O)c1cn(C2(C(F)F)CC2)c(=O)cc1N[C@H]1CCN(C)C[C@H]1F)c1cccc(C(F)F)c1F. The van der Waals surface area contributed by atoms with E-state index in [1.807, 2.05) is 0 Å². The first kappa shape index (κ1) is 27.0. The molecule has 1 aromatic heterocycles. The van der Waals surface area contributed by atoms with Crippen LogP contribution in [-0.4, -0.2) is 54.2 Å². The van der Waals surface area contributed by atoms with Crippen molar-refractivity contribution in [3.05, 3.63) is 63.3 Å². The lowest BCUT2D eigenvalue weighted by Crippen LogP contribution is -2.47. The third-order valence-electron chi connectivity index (χ3n) is 7.14. The van der Waals surface area contributed by atoms with E-state index in [-0.39, 0.29) is 36.2 Å². The zero-order chi connectivity index (χ0) is 27.1. The Kier molecular flexibility index (Phi) is 7.59. The van der Waals surface area contributed by atoms with Crippen LogP contribution in [0, 0.1) is 5.82 Å². The molecule has 1 aliphatic carbocycles. The van der Waals surface area contributed by atoms with Gasteiger partial charge in [-0.2, -0.15) is 0 Å². The molecule has 3 atom stereocenters. The van der Waals surface area contributed by atoms with Crippen LogP contribution in [0.3, 0.4) is 0 Å². The molecule has 0 bridgehead atoms. The highest BCUT2D eigenvalue weighted by Crippen LogP contribution is 2.48. The third kappa shape index (κ3) is 5.34. The predicted molar refractivity (Wildman–Crippen MR) is 126 cm³/mol. The Bertz CT molecular complexity index is 1220. The summed E-state index contributed by atoms with van der Waals surface area (Å²) >= 11 is 0. The van der Waals surface area contributed by atoms with E-state index in [1.165, 1.54) is 19.1 Å². The van der Waals surface area contributed by atoms with Crippen molar-refractivity contribution in [2.45, 2.75) is 62.8 Å². The number of hydrogen-bond acceptors (Lipinski definition) is 4. The van der Waals surface area contributed by atoms with Crippen LogP contribution in [0.15, 0.2) is 35.3 Å². The van der Waals surface area contributed by atoms with Crippen molar-refractivity contribution >= 4 is 11.6 Å². The van der Waals surface area contributed by atoms with Gasteiger partial charge in [0.2, 0.25) is 0 Å². The number of likely N-dealkylation sites (tertiary alicyclic amines) is 1. The first-order valence-electron chi connectivity index (χ1n) is 12.0. The van der Waals surface area contributed by atoms with Crippen molar-refractivity contribution in [2.75, 3.05) is 25.5 Å². The van der Waals surface area contributed by atoms with Gasteiger partial charge < -0.3 is 20.1 Å². The van der Waals surface area contributed by atoms with Gasteiger partial charge in [0.25, 0.3) is 24.3 Å². The van der Waals surface area contributed by atoms with Crippen LogP contribution in [0.5, 0.6) is 0 Å². The lowest BCUT2D eigenvalue weighted by molar-refractivity contribution is 0.0648. The average Bonchev–Trinajstić information content (AvgIpc) is 3.63. The Morgan fingerprint density at radius 1 is 1.16 bits per heavy atom. The molecule has 2 aromatic rings. The van der Waals surface area contributed by atoms with Gasteiger partial charge in [-0.1, -0.05) is 18.2 Å². The van der Waals surface area contributed by atoms with E-state index >= 15 is 0 Å². The van der Waals surface area contributed by atoms with Gasteiger partial charge in [-0.25, -0.2) is 26.3 Å². The molecule has 2 fully saturated rings. The molecule has 1 saturated heterocycles. The number of halogens is 6. The number of anilines is 1. The number of nitrogens with zero attached hydrogens (tertiary/aromatic N) is 2. The van der Waals surface area contributed by atoms with E-state index < -0.39 is 59.5 Å². The Hall–Kier alpha value is -3.02. The Morgan fingerprint density at radius 3 is 2.43 bits per heavy atom. The molecule has 2 aliphatic rings. The number of piperidine rings is 1. The second-order valence-corrected chi connectivity index (χ2v) is 9.78. The molecule has 12 heteroatoms. The van der Waals surface area contributed by atoms with Gasteiger partial charge in [0, 0.05) is 30.9 Å². The number of benzene rings is 1. The van der Waals surface area contributed by atoms with Crippen LogP contribution < -0.4 is 16.2 Å². The highest BCUT2D eigenvalue weighted by Gasteiger charge is 2.53. The standard InChI is InChI=1S/C25H28F6N4O2/c1-13(14-4-3-5-15(21(14)27)22(28)29)32-23(37)16-11-35(25(7-8-25)24(30)31)20(36)10-19(16)33-18-6-9-34(2)12-17(18)26/h3-5,10-11,13,17-18,22,24,33H,6-9,12H2,1-2H3,(H,32,37)/t13-,17-,18+/m1/s1. The molecule has 0 unspecified atom stereocenters. The maximum Gasteiger partial charge on any atom is 0.266 e. The first-order valence-corrected chi connectivity index (χ1v) is 12.0. The number of nitrogens with one attached hydrogen (secondary N) is 2. The van der Waals surface area contributed by atoms with Crippen LogP contribution in [0.4, 0.5) is 32.0 Å². The molecule has 4 rings (SSSR count). The summed E-state index contributed by atoms with van der Waals surface area (Å²) < 4.78 is 84.0. The second kappa shape index (κ2) is 10.4. The van der Waals surface area contributed by atoms with Gasteiger partial charge in [0.1, 0.15) is 17.5 Å². The van der Waals surface area contributed by atoms with E-state index in [1.54, 1.807) is 11.9 Å². The summed E-state index contributed by atoms with van der Waals surface area (Å²) in [5.41, 5.74) is -3.78. The molecule has 0 radical (unpaired) electrons. The number of pyridine rings is 1. The monoisotopic (exact) mass is 530 g/mol. The summed E-state index contributed by atoms with van der Waals surface area (Å²) in [4.78, 5) is 27.9. The highest BCUT2D eigenvalue weighted by atomic mass is 19.3. The van der Waals surface area contributed by atoms with Crippen LogP contribution in [0.1, 0.15) is 60.1 Å². The topological polar surface area (TPSA) is 66.4 Å². The van der Waals surface area contributed by atoms with E-state index in [2.05, 4.69) is 10.6 Å². The van der Waals surface area contributed by atoms with Crippen molar-refractivity contribution in [3.63, 3.8) is 0 Å². The molecule has 2 N–H and O–H groups in total. The molecular weight excluding hydrogens is 502 g/mol. The Morgan fingerprint density at radius 2 is 1.84 bits per heavy atom. The average molecular weight is 531 g/mol. The van der Waals surface area contributed by atoms with Gasteiger partial charge >= 0.3 is 0 Å². The largest absolute Gasteiger partial charge is 0.378 e. The minimum atomic E-state index is -3.06. The summed E-state index contributed by atoms with van der Waals surface area (Å²) in [6, 6.07) is 2.59. The van der Waals surface area contributed by atoms with Gasteiger partial charge in [0.15, 0.2) is 0 Å². The number of rotatable bonds is 8. The predicted octanol–water partition coefficient (Wildman–Crippen LogP) is 4.62. The van der Waals surface area contributed by atoms with E-state index in [4.69, 9.17) is 0 Å². The molecule has 6 nitrogen and oxygen atoms in total. The fourth-order valence-electron chi connectivity index (χ4n) is 4.72. The van der Waals surface area contributed by atoms with Crippen molar-refractivity contribution in [1.29, 1.82) is 0 Å². The zero-order valence-corrected chi connectivity index (χ0v) is 20.3. The zero-order valence-electron chi connectivity index (χ0n) is 20.3. The van der Waals surface area contributed by atoms with Gasteiger partial charge in [-0.3, -0.25) is 9.59 Å². The van der Waals surface area contributed by atoms with Crippen LogP contribution in [0.2, 0.25) is 0 Å². The maximum atomic E-state index is 14.7. The van der Waals surface area contributed by atoms with Crippen LogP contribution in [0.25, 0.3) is 0 Å². The summed E-state index contributed by atoms with van der Waals surface area (Å²) in [6.07, 6.45) is -5.77. The number of aromatic nitrogens is 1. The number of amides is 1. The van der Waals surface area contributed by atoms with E-state index in [0.717, 1.165) is 22.9 Å². The Balaban J connectivity index is 1.68. The molecule has 1 saturated carbocycles. The van der Waals surface area contributed by atoms with E-state index in [0.29, 0.717) is 13.0 Å². The van der Waals surface area contributed by atoms with Gasteiger partial charge in [-0.05, 0) is 33.2 Å². The van der Waals surface area contributed by atoms with Crippen molar-refractivity contribution in [3.8, 4) is 0 Å². The fourth-order valence-corrected chi connectivity index (χ4v) is 4.72. The lowest BCUT2D eigenvalue weighted by atomic mass is 10.0. The van der Waals surface area contributed by atoms with Crippen LogP contribution >= 0.6 is 0 Å². The number of carbonyl (C=O) groups is 1. The maximum absolute atomic E-state index is 14.7. The van der Waals surface area contributed by atoms with Crippen molar-refractivity contribution in [1.82, 2.24) is 14.8 Å². The van der Waals surface area contributed by atoms with E-state index in [9.17, 15) is 35.9 Å². The summed E-state index contributed by atoms with van der Waals surface area (Å²) in [7, 11) is 1.76. The molecule has 202 valence electrons. The number of alkyl halides is 5. The number of hydrogen-bond donors (Lipinski definition) is 2. The summed E-state index contributed by atoms with van der Waals surface area (Å²) in [5.74, 6) is -2.03. The molecular formula is C25H28F6N4O2. The second-order valence-electron chi connectivity index (χ2n) is 9.78. The minimum absolute atomic E-state index is 0.0436. The summed E-state index contributed by atoms with van der Waals surface area (Å²) in [6.45, 7) is 2.06. The smallest absolute Gasteiger partial charge is 0.266 e. The molecule has 1 aromatic carbocycles.